The van der Waals surface area contributed by atoms with Crippen molar-refractivity contribution < 1.29 is 9.53 Å². The minimum Gasteiger partial charge on any atom is -0.449 e. The van der Waals surface area contributed by atoms with Crippen molar-refractivity contribution >= 4 is 29.5 Å². The van der Waals surface area contributed by atoms with E-state index < -0.39 is 0 Å². The summed E-state index contributed by atoms with van der Waals surface area (Å²) in [7, 11) is 0. The van der Waals surface area contributed by atoms with E-state index in [0.717, 1.165) is 38.2 Å². The number of amides is 1. The summed E-state index contributed by atoms with van der Waals surface area (Å²) >= 11 is 6.18. The summed E-state index contributed by atoms with van der Waals surface area (Å²) in [5.74, 6) is 1.35. The number of aromatic nitrogens is 2. The Kier molecular flexibility index (Phi) is 5.60. The SMILES string of the molecule is CCCCOC(=O)N1CC[C@H](Nc2ncc(Cl)c(N3CCC3)n2)C1. The molecule has 0 saturated carbocycles. The average Bonchev–Trinajstić information content (AvgIpc) is 2.98. The van der Waals surface area contributed by atoms with Gasteiger partial charge in [0.25, 0.3) is 0 Å². The molecule has 8 heteroatoms. The topological polar surface area (TPSA) is 70.6 Å². The van der Waals surface area contributed by atoms with Crippen LogP contribution in [0.15, 0.2) is 6.20 Å². The van der Waals surface area contributed by atoms with Gasteiger partial charge in [0.15, 0.2) is 5.82 Å². The molecule has 0 bridgehead atoms. The van der Waals surface area contributed by atoms with Crippen LogP contribution in [0.1, 0.15) is 32.6 Å². The van der Waals surface area contributed by atoms with Crippen LogP contribution in [0.3, 0.4) is 0 Å². The zero-order chi connectivity index (χ0) is 16.9. The van der Waals surface area contributed by atoms with Crippen molar-refractivity contribution in [2.24, 2.45) is 0 Å². The Morgan fingerprint density at radius 1 is 1.46 bits per heavy atom. The lowest BCUT2D eigenvalue weighted by molar-refractivity contribution is 0.109. The molecule has 1 aromatic rings. The van der Waals surface area contributed by atoms with Crippen molar-refractivity contribution in [2.45, 2.75) is 38.6 Å². The first-order valence-corrected chi connectivity index (χ1v) is 9.01. The van der Waals surface area contributed by atoms with E-state index in [9.17, 15) is 4.79 Å². The third kappa shape index (κ3) is 4.01. The van der Waals surface area contributed by atoms with Crippen LogP contribution in [0.5, 0.6) is 0 Å². The highest BCUT2D eigenvalue weighted by atomic mass is 35.5. The molecule has 1 N–H and O–H groups in total. The summed E-state index contributed by atoms with van der Waals surface area (Å²) in [6.07, 6.45) is 5.35. The second kappa shape index (κ2) is 7.88. The van der Waals surface area contributed by atoms with Crippen molar-refractivity contribution in [3.8, 4) is 0 Å². The average molecular weight is 354 g/mol. The van der Waals surface area contributed by atoms with Gasteiger partial charge in [-0.1, -0.05) is 24.9 Å². The molecular weight excluding hydrogens is 330 g/mol. The van der Waals surface area contributed by atoms with Gasteiger partial charge in [-0.3, -0.25) is 0 Å². The number of halogens is 1. The fourth-order valence-electron chi connectivity index (χ4n) is 2.80. The van der Waals surface area contributed by atoms with Gasteiger partial charge in [0.05, 0.1) is 12.8 Å². The number of carbonyl (C=O) groups excluding carboxylic acids is 1. The first-order valence-electron chi connectivity index (χ1n) is 8.63. The van der Waals surface area contributed by atoms with Crippen LogP contribution in [0.25, 0.3) is 0 Å². The molecule has 0 radical (unpaired) electrons. The third-order valence-corrected chi connectivity index (χ3v) is 4.65. The number of carbonyl (C=O) groups is 1. The molecule has 2 saturated heterocycles. The van der Waals surface area contributed by atoms with E-state index in [1.54, 1.807) is 11.1 Å². The van der Waals surface area contributed by atoms with E-state index in [2.05, 4.69) is 27.1 Å². The maximum absolute atomic E-state index is 12.0. The molecule has 2 aliphatic heterocycles. The second-order valence-corrected chi connectivity index (χ2v) is 6.66. The molecule has 0 aliphatic carbocycles. The molecule has 2 fully saturated rings. The highest BCUT2D eigenvalue weighted by molar-refractivity contribution is 6.32. The van der Waals surface area contributed by atoms with Crippen LogP contribution in [0.4, 0.5) is 16.6 Å². The maximum atomic E-state index is 12.0. The number of unbranched alkanes of at least 4 members (excludes halogenated alkanes) is 1. The molecular formula is C16H24ClN5O2. The van der Waals surface area contributed by atoms with Gasteiger partial charge in [-0.15, -0.1) is 0 Å². The predicted octanol–water partition coefficient (Wildman–Crippen LogP) is 2.76. The van der Waals surface area contributed by atoms with Gasteiger partial charge in [-0.2, -0.15) is 4.98 Å². The summed E-state index contributed by atoms with van der Waals surface area (Å²) in [5.41, 5.74) is 0. The Labute approximate surface area is 147 Å². The standard InChI is InChI=1S/C16H24ClN5O2/c1-2-3-9-24-16(23)22-8-5-12(11-22)19-15-18-10-13(17)14(20-15)21-6-4-7-21/h10,12H,2-9,11H2,1H3,(H,18,19,20)/t12-/m0/s1. The van der Waals surface area contributed by atoms with E-state index in [-0.39, 0.29) is 12.1 Å². The first-order chi connectivity index (χ1) is 11.7. The minimum absolute atomic E-state index is 0.133. The van der Waals surface area contributed by atoms with Crippen molar-refractivity contribution in [3.05, 3.63) is 11.2 Å². The summed E-state index contributed by atoms with van der Waals surface area (Å²) in [5, 5.41) is 3.88. The van der Waals surface area contributed by atoms with E-state index in [4.69, 9.17) is 16.3 Å². The molecule has 24 heavy (non-hydrogen) atoms. The monoisotopic (exact) mass is 353 g/mol. The summed E-state index contributed by atoms with van der Waals surface area (Å²) < 4.78 is 5.26. The Morgan fingerprint density at radius 2 is 2.29 bits per heavy atom. The van der Waals surface area contributed by atoms with Gasteiger partial charge in [-0.25, -0.2) is 9.78 Å². The van der Waals surface area contributed by atoms with Gasteiger partial charge in [-0.05, 0) is 19.3 Å². The lowest BCUT2D eigenvalue weighted by Gasteiger charge is -2.32. The number of nitrogens with zero attached hydrogens (tertiary/aromatic N) is 4. The predicted molar refractivity (Wildman–Crippen MR) is 93.7 cm³/mol. The number of hydrogen-bond acceptors (Lipinski definition) is 6. The first kappa shape index (κ1) is 17.1. The van der Waals surface area contributed by atoms with Crippen molar-refractivity contribution in [1.82, 2.24) is 14.9 Å². The molecule has 3 rings (SSSR count). The molecule has 1 aromatic heterocycles. The fraction of sp³-hybridized carbons (Fsp3) is 0.688. The number of hydrogen-bond donors (Lipinski definition) is 1. The quantitative estimate of drug-likeness (QED) is 0.793. The zero-order valence-electron chi connectivity index (χ0n) is 14.0. The van der Waals surface area contributed by atoms with Crippen molar-refractivity contribution in [1.29, 1.82) is 0 Å². The van der Waals surface area contributed by atoms with E-state index in [1.165, 1.54) is 6.42 Å². The number of nitrogens with one attached hydrogen (secondary N) is 1. The Morgan fingerprint density at radius 3 is 3.00 bits per heavy atom. The van der Waals surface area contributed by atoms with Crippen LogP contribution in [-0.4, -0.2) is 59.8 Å². The van der Waals surface area contributed by atoms with Gasteiger partial charge >= 0.3 is 6.09 Å². The van der Waals surface area contributed by atoms with Crippen LogP contribution in [0, 0.1) is 0 Å². The number of rotatable bonds is 6. The lowest BCUT2D eigenvalue weighted by atomic mass is 10.2. The normalized spacial score (nSPS) is 20.0. The Balaban J connectivity index is 1.53. The highest BCUT2D eigenvalue weighted by Crippen LogP contribution is 2.27. The molecule has 1 amide bonds. The Bertz CT molecular complexity index is 582. The van der Waals surface area contributed by atoms with Crippen LogP contribution < -0.4 is 10.2 Å². The van der Waals surface area contributed by atoms with Gasteiger partial charge < -0.3 is 19.9 Å². The second-order valence-electron chi connectivity index (χ2n) is 6.25. The van der Waals surface area contributed by atoms with E-state index >= 15 is 0 Å². The fourth-order valence-corrected chi connectivity index (χ4v) is 3.01. The number of likely N-dealkylation sites (tertiary alicyclic amines) is 1. The molecule has 7 nitrogen and oxygen atoms in total. The van der Waals surface area contributed by atoms with Crippen LogP contribution in [0.2, 0.25) is 5.02 Å². The summed E-state index contributed by atoms with van der Waals surface area (Å²) in [4.78, 5) is 24.6. The van der Waals surface area contributed by atoms with Crippen molar-refractivity contribution in [3.63, 3.8) is 0 Å². The third-order valence-electron chi connectivity index (χ3n) is 4.38. The molecule has 0 spiro atoms. The molecule has 0 unspecified atom stereocenters. The zero-order valence-corrected chi connectivity index (χ0v) is 14.8. The highest BCUT2D eigenvalue weighted by Gasteiger charge is 2.28. The van der Waals surface area contributed by atoms with Crippen LogP contribution >= 0.6 is 11.6 Å². The maximum Gasteiger partial charge on any atom is 0.409 e. The number of anilines is 2. The van der Waals surface area contributed by atoms with Gasteiger partial charge in [0.2, 0.25) is 5.95 Å². The summed E-state index contributed by atoms with van der Waals surface area (Å²) in [6.45, 7) is 5.83. The molecule has 132 valence electrons. The molecule has 2 aliphatic rings. The molecule has 1 atom stereocenters. The molecule has 3 heterocycles. The van der Waals surface area contributed by atoms with Gasteiger partial charge in [0.1, 0.15) is 5.02 Å². The van der Waals surface area contributed by atoms with Gasteiger partial charge in [0, 0.05) is 32.2 Å². The van der Waals surface area contributed by atoms with Crippen molar-refractivity contribution in [2.75, 3.05) is 43.0 Å². The smallest absolute Gasteiger partial charge is 0.409 e. The lowest BCUT2D eigenvalue weighted by Crippen LogP contribution is -2.38. The van der Waals surface area contributed by atoms with Crippen LogP contribution in [-0.2, 0) is 4.74 Å². The number of ether oxygens (including phenoxy) is 1. The van der Waals surface area contributed by atoms with E-state index in [1.807, 2.05) is 0 Å². The summed E-state index contributed by atoms with van der Waals surface area (Å²) in [6, 6.07) is 0.133. The van der Waals surface area contributed by atoms with E-state index in [0.29, 0.717) is 30.7 Å². The largest absolute Gasteiger partial charge is 0.449 e. The minimum atomic E-state index is -0.231. The Hall–Kier alpha value is -1.76. The molecule has 0 aromatic carbocycles.